The lowest BCUT2D eigenvalue weighted by Gasteiger charge is -2.51. The lowest BCUT2D eigenvalue weighted by molar-refractivity contribution is 0.00532. The number of rotatable bonds is 3. The van der Waals surface area contributed by atoms with Crippen molar-refractivity contribution in [2.24, 2.45) is 11.1 Å². The van der Waals surface area contributed by atoms with Gasteiger partial charge >= 0.3 is 0 Å². The van der Waals surface area contributed by atoms with Gasteiger partial charge in [-0.25, -0.2) is 0 Å². The third-order valence-electron chi connectivity index (χ3n) is 5.73. The van der Waals surface area contributed by atoms with Gasteiger partial charge in [-0.15, -0.1) is 0 Å². The second-order valence-corrected chi connectivity index (χ2v) is 8.43. The summed E-state index contributed by atoms with van der Waals surface area (Å²) in [5, 5.41) is 0. The lowest BCUT2D eigenvalue weighted by atomic mass is 9.58. The van der Waals surface area contributed by atoms with E-state index >= 15 is 0 Å². The molecule has 116 valence electrons. The van der Waals surface area contributed by atoms with Crippen LogP contribution in [0.4, 0.5) is 0 Å². The van der Waals surface area contributed by atoms with Crippen molar-refractivity contribution in [3.63, 3.8) is 0 Å². The van der Waals surface area contributed by atoms with E-state index in [-0.39, 0.29) is 11.0 Å². The lowest BCUT2D eigenvalue weighted by Crippen LogP contribution is -2.53. The molecule has 2 heteroatoms. The number of nitrogens with two attached hydrogens (primary N) is 1. The zero-order chi connectivity index (χ0) is 15.1. The number of hydrogen-bond acceptors (Lipinski definition) is 2. The van der Waals surface area contributed by atoms with Crippen molar-refractivity contribution in [2.45, 2.75) is 70.3 Å². The van der Waals surface area contributed by atoms with Crippen LogP contribution < -0.4 is 10.5 Å². The minimum Gasteiger partial charge on any atom is -0.493 e. The first-order chi connectivity index (χ1) is 9.80. The fourth-order valence-corrected chi connectivity index (χ4v) is 3.80. The summed E-state index contributed by atoms with van der Waals surface area (Å²) < 4.78 is 6.12. The van der Waals surface area contributed by atoms with Crippen LogP contribution in [0.25, 0.3) is 0 Å². The van der Waals surface area contributed by atoms with Gasteiger partial charge in [0.25, 0.3) is 0 Å². The molecule has 2 nitrogen and oxygen atoms in total. The van der Waals surface area contributed by atoms with Crippen molar-refractivity contribution < 1.29 is 4.74 Å². The third kappa shape index (κ3) is 3.11. The Balaban J connectivity index is 1.61. The monoisotopic (exact) mass is 287 g/mol. The fraction of sp³-hybridized carbons (Fsp3) is 0.684. The predicted molar refractivity (Wildman–Crippen MR) is 87.7 cm³/mol. The van der Waals surface area contributed by atoms with Gasteiger partial charge in [0, 0.05) is 11.0 Å². The van der Waals surface area contributed by atoms with Gasteiger partial charge in [-0.05, 0) is 61.6 Å². The topological polar surface area (TPSA) is 35.2 Å². The van der Waals surface area contributed by atoms with Crippen LogP contribution in [0.5, 0.6) is 5.75 Å². The highest BCUT2D eigenvalue weighted by Crippen LogP contribution is 2.51. The minimum atomic E-state index is 0.149. The quantitative estimate of drug-likeness (QED) is 0.893. The van der Waals surface area contributed by atoms with Crippen LogP contribution in [-0.4, -0.2) is 12.1 Å². The Morgan fingerprint density at radius 2 is 1.48 bits per heavy atom. The van der Waals surface area contributed by atoms with E-state index in [0.717, 1.165) is 12.4 Å². The Morgan fingerprint density at radius 1 is 0.952 bits per heavy atom. The highest BCUT2D eigenvalue weighted by Gasteiger charge is 2.46. The number of hydrogen-bond donors (Lipinski definition) is 1. The molecular formula is C19H29NO. The Bertz CT molecular complexity index is 473. The highest BCUT2D eigenvalue weighted by molar-refractivity contribution is 5.31. The van der Waals surface area contributed by atoms with E-state index in [0.29, 0.717) is 5.41 Å². The molecule has 3 aliphatic carbocycles. The van der Waals surface area contributed by atoms with Crippen LogP contribution in [0.2, 0.25) is 0 Å². The smallest absolute Gasteiger partial charge is 0.119 e. The predicted octanol–water partition coefficient (Wildman–Crippen LogP) is 4.41. The maximum atomic E-state index is 6.38. The summed E-state index contributed by atoms with van der Waals surface area (Å²) in [6.07, 6.45) is 7.26. The highest BCUT2D eigenvalue weighted by atomic mass is 16.5. The molecule has 0 aliphatic heterocycles. The van der Waals surface area contributed by atoms with Crippen molar-refractivity contribution in [2.75, 3.05) is 6.61 Å². The Hall–Kier alpha value is -1.02. The standard InChI is InChI=1S/C19H29NO/c1-17(2,3)15-4-6-16(7-5-15)21-14-18-8-11-19(20,12-9-18)13-10-18/h4-7H,8-14,20H2,1-3H3. The average molecular weight is 287 g/mol. The van der Waals surface area contributed by atoms with E-state index in [1.165, 1.54) is 44.1 Å². The molecule has 1 aromatic rings. The van der Waals surface area contributed by atoms with Crippen molar-refractivity contribution in [3.05, 3.63) is 29.8 Å². The van der Waals surface area contributed by atoms with Crippen LogP contribution in [-0.2, 0) is 5.41 Å². The summed E-state index contributed by atoms with van der Waals surface area (Å²) in [5.74, 6) is 1.01. The molecule has 4 rings (SSSR count). The first-order valence-electron chi connectivity index (χ1n) is 8.33. The van der Waals surface area contributed by atoms with Gasteiger partial charge in [0.1, 0.15) is 5.75 Å². The van der Waals surface area contributed by atoms with Gasteiger partial charge < -0.3 is 10.5 Å². The Morgan fingerprint density at radius 3 is 1.95 bits per heavy atom. The molecule has 1 aromatic carbocycles. The molecule has 0 heterocycles. The zero-order valence-corrected chi connectivity index (χ0v) is 13.7. The molecule has 2 bridgehead atoms. The van der Waals surface area contributed by atoms with E-state index in [9.17, 15) is 0 Å². The molecule has 3 fully saturated rings. The molecule has 0 aromatic heterocycles. The van der Waals surface area contributed by atoms with Gasteiger partial charge in [0.2, 0.25) is 0 Å². The second-order valence-electron chi connectivity index (χ2n) is 8.43. The van der Waals surface area contributed by atoms with Crippen molar-refractivity contribution >= 4 is 0 Å². The number of fused-ring (bicyclic) bond motifs is 3. The number of benzene rings is 1. The largest absolute Gasteiger partial charge is 0.493 e. The van der Waals surface area contributed by atoms with Gasteiger partial charge in [0.15, 0.2) is 0 Å². The Labute approximate surface area is 129 Å². The first-order valence-corrected chi connectivity index (χ1v) is 8.33. The molecular weight excluding hydrogens is 258 g/mol. The summed E-state index contributed by atoms with van der Waals surface area (Å²) in [6.45, 7) is 7.58. The molecule has 0 saturated heterocycles. The van der Waals surface area contributed by atoms with Crippen molar-refractivity contribution in [3.8, 4) is 5.75 Å². The fourth-order valence-electron chi connectivity index (χ4n) is 3.80. The van der Waals surface area contributed by atoms with E-state index in [2.05, 4.69) is 45.0 Å². The van der Waals surface area contributed by atoms with Crippen LogP contribution in [0.15, 0.2) is 24.3 Å². The zero-order valence-electron chi connectivity index (χ0n) is 13.7. The molecule has 0 radical (unpaired) electrons. The molecule has 0 atom stereocenters. The van der Waals surface area contributed by atoms with Gasteiger partial charge in [-0.2, -0.15) is 0 Å². The van der Waals surface area contributed by atoms with Crippen molar-refractivity contribution in [1.29, 1.82) is 0 Å². The molecule has 0 amide bonds. The molecule has 21 heavy (non-hydrogen) atoms. The van der Waals surface area contributed by atoms with E-state index in [4.69, 9.17) is 10.5 Å². The van der Waals surface area contributed by atoms with Gasteiger partial charge in [-0.1, -0.05) is 32.9 Å². The normalized spacial score (nSPS) is 32.2. The minimum absolute atomic E-state index is 0.149. The molecule has 0 spiro atoms. The third-order valence-corrected chi connectivity index (χ3v) is 5.73. The van der Waals surface area contributed by atoms with Gasteiger partial charge in [-0.3, -0.25) is 0 Å². The molecule has 3 saturated carbocycles. The summed E-state index contributed by atoms with van der Waals surface area (Å²) >= 11 is 0. The molecule has 2 N–H and O–H groups in total. The molecule has 0 unspecified atom stereocenters. The Kier molecular flexibility index (Phi) is 3.56. The summed E-state index contributed by atoms with van der Waals surface area (Å²) in [5.41, 5.74) is 8.48. The van der Waals surface area contributed by atoms with Gasteiger partial charge in [0.05, 0.1) is 6.61 Å². The first kappa shape index (κ1) is 14.9. The molecule has 3 aliphatic rings. The van der Waals surface area contributed by atoms with Crippen molar-refractivity contribution in [1.82, 2.24) is 0 Å². The number of ether oxygens (including phenoxy) is 1. The summed E-state index contributed by atoms with van der Waals surface area (Å²) in [6, 6.07) is 8.63. The van der Waals surface area contributed by atoms with Crippen LogP contribution in [0, 0.1) is 5.41 Å². The van der Waals surface area contributed by atoms with E-state index in [1.807, 2.05) is 0 Å². The van der Waals surface area contributed by atoms with Crippen LogP contribution in [0.3, 0.4) is 0 Å². The maximum absolute atomic E-state index is 6.38. The van der Waals surface area contributed by atoms with E-state index < -0.39 is 0 Å². The van der Waals surface area contributed by atoms with Crippen LogP contribution >= 0.6 is 0 Å². The maximum Gasteiger partial charge on any atom is 0.119 e. The summed E-state index contributed by atoms with van der Waals surface area (Å²) in [4.78, 5) is 0. The SMILES string of the molecule is CC(C)(C)c1ccc(OCC23CCC(N)(CC2)CC3)cc1. The summed E-state index contributed by atoms with van der Waals surface area (Å²) in [7, 11) is 0. The van der Waals surface area contributed by atoms with E-state index in [1.54, 1.807) is 0 Å². The second kappa shape index (κ2) is 5.01. The average Bonchev–Trinajstić information content (AvgIpc) is 2.46. The van der Waals surface area contributed by atoms with Crippen LogP contribution in [0.1, 0.15) is 64.9 Å².